The first-order valence-corrected chi connectivity index (χ1v) is 7.83. The lowest BCUT2D eigenvalue weighted by Crippen LogP contribution is -2.54. The van der Waals surface area contributed by atoms with E-state index in [0.717, 1.165) is 5.56 Å². The number of rotatable bonds is 4. The molecule has 2 N–H and O–H groups in total. The molecule has 0 amide bonds. The van der Waals surface area contributed by atoms with E-state index in [0.29, 0.717) is 13.0 Å². The van der Waals surface area contributed by atoms with Crippen molar-refractivity contribution in [2.45, 2.75) is 30.7 Å². The molecule has 1 aromatic carbocycles. The van der Waals surface area contributed by atoms with Gasteiger partial charge in [-0.25, -0.2) is 8.42 Å². The van der Waals surface area contributed by atoms with Crippen LogP contribution in [0, 0.1) is 0 Å². The molecule has 1 aliphatic heterocycles. The van der Waals surface area contributed by atoms with Crippen molar-refractivity contribution < 1.29 is 13.5 Å². The number of sulfone groups is 1. The zero-order valence-electron chi connectivity index (χ0n) is 10.5. The van der Waals surface area contributed by atoms with Gasteiger partial charge >= 0.3 is 0 Å². The third-order valence-corrected chi connectivity index (χ3v) is 6.22. The zero-order chi connectivity index (χ0) is 13.2. The van der Waals surface area contributed by atoms with E-state index in [4.69, 9.17) is 0 Å². The minimum Gasteiger partial charge on any atom is -0.394 e. The van der Waals surface area contributed by atoms with Gasteiger partial charge in [-0.2, -0.15) is 0 Å². The summed E-state index contributed by atoms with van der Waals surface area (Å²) in [6, 6.07) is 9.78. The smallest absolute Gasteiger partial charge is 0.154 e. The van der Waals surface area contributed by atoms with E-state index in [1.54, 1.807) is 6.92 Å². The molecule has 0 aromatic heterocycles. The third-order valence-electron chi connectivity index (χ3n) is 3.92. The Hall–Kier alpha value is -0.910. The van der Waals surface area contributed by atoms with Crippen molar-refractivity contribution in [3.8, 4) is 0 Å². The molecule has 0 bridgehead atoms. The molecule has 0 radical (unpaired) electrons. The predicted octanol–water partition coefficient (Wildman–Crippen LogP) is 0.714. The Bertz CT molecular complexity index is 500. The van der Waals surface area contributed by atoms with E-state index in [1.807, 2.05) is 30.3 Å². The van der Waals surface area contributed by atoms with Crippen LogP contribution in [-0.4, -0.2) is 36.7 Å². The molecule has 1 saturated heterocycles. The van der Waals surface area contributed by atoms with Gasteiger partial charge in [0.15, 0.2) is 9.84 Å². The second kappa shape index (κ2) is 4.99. The highest BCUT2D eigenvalue weighted by atomic mass is 32.2. The van der Waals surface area contributed by atoms with Gasteiger partial charge in [0.05, 0.1) is 23.1 Å². The highest BCUT2D eigenvalue weighted by Crippen LogP contribution is 2.30. The second-order valence-electron chi connectivity index (χ2n) is 4.91. The molecule has 1 aliphatic rings. The Labute approximate surface area is 108 Å². The van der Waals surface area contributed by atoms with Gasteiger partial charge in [0.25, 0.3) is 0 Å². The van der Waals surface area contributed by atoms with E-state index in [1.165, 1.54) is 0 Å². The fourth-order valence-electron chi connectivity index (χ4n) is 2.42. The fraction of sp³-hybridized carbons (Fsp3) is 0.538. The second-order valence-corrected chi connectivity index (χ2v) is 7.35. The van der Waals surface area contributed by atoms with E-state index >= 15 is 0 Å². The molecule has 0 aliphatic carbocycles. The third kappa shape index (κ3) is 2.43. The van der Waals surface area contributed by atoms with Crippen molar-refractivity contribution in [1.82, 2.24) is 5.32 Å². The van der Waals surface area contributed by atoms with Crippen molar-refractivity contribution in [2.75, 3.05) is 12.4 Å². The van der Waals surface area contributed by atoms with Gasteiger partial charge in [0, 0.05) is 6.54 Å². The lowest BCUT2D eigenvalue weighted by Gasteiger charge is -2.31. The maximum absolute atomic E-state index is 11.8. The number of benzene rings is 1. The zero-order valence-corrected chi connectivity index (χ0v) is 11.3. The topological polar surface area (TPSA) is 66.4 Å². The minimum atomic E-state index is -3.07. The number of hydrogen-bond donors (Lipinski definition) is 2. The van der Waals surface area contributed by atoms with Gasteiger partial charge in [-0.05, 0) is 18.9 Å². The molecule has 1 fully saturated rings. The van der Waals surface area contributed by atoms with Gasteiger partial charge in [0.2, 0.25) is 0 Å². The number of aliphatic hydroxyl groups is 1. The van der Waals surface area contributed by atoms with Crippen molar-refractivity contribution >= 4 is 9.84 Å². The van der Waals surface area contributed by atoms with Crippen LogP contribution >= 0.6 is 0 Å². The summed E-state index contributed by atoms with van der Waals surface area (Å²) < 4.78 is 23.6. The number of hydrogen-bond acceptors (Lipinski definition) is 4. The van der Waals surface area contributed by atoms with Crippen LogP contribution in [0.15, 0.2) is 30.3 Å². The SMILES string of the molecule is CC1C(CO)(NCc2ccccc2)CCS1(=O)=O. The summed E-state index contributed by atoms with van der Waals surface area (Å²) in [5, 5.41) is 12.3. The molecule has 2 unspecified atom stereocenters. The maximum Gasteiger partial charge on any atom is 0.154 e. The highest BCUT2D eigenvalue weighted by molar-refractivity contribution is 7.92. The van der Waals surface area contributed by atoms with Crippen LogP contribution < -0.4 is 5.32 Å². The molecule has 4 nitrogen and oxygen atoms in total. The first-order chi connectivity index (χ1) is 8.50. The normalized spacial score (nSPS) is 30.4. The van der Waals surface area contributed by atoms with Gasteiger partial charge in [0.1, 0.15) is 0 Å². The summed E-state index contributed by atoms with van der Waals surface area (Å²) in [4.78, 5) is 0. The molecule has 1 aromatic rings. The Morgan fingerprint density at radius 2 is 2.06 bits per heavy atom. The molecule has 18 heavy (non-hydrogen) atoms. The quantitative estimate of drug-likeness (QED) is 0.845. The average molecular weight is 269 g/mol. The maximum atomic E-state index is 11.8. The molecule has 0 saturated carbocycles. The minimum absolute atomic E-state index is 0.149. The number of nitrogens with one attached hydrogen (secondary N) is 1. The van der Waals surface area contributed by atoms with Crippen molar-refractivity contribution in [3.63, 3.8) is 0 Å². The van der Waals surface area contributed by atoms with E-state index in [9.17, 15) is 13.5 Å². The van der Waals surface area contributed by atoms with Gasteiger partial charge in [-0.1, -0.05) is 30.3 Å². The molecule has 2 rings (SSSR count). The standard InChI is InChI=1S/C13H19NO3S/c1-11-13(10-15,7-8-18(11,16)17)14-9-12-5-3-2-4-6-12/h2-6,11,14-15H,7-10H2,1H3. The van der Waals surface area contributed by atoms with Crippen molar-refractivity contribution in [3.05, 3.63) is 35.9 Å². The first-order valence-electron chi connectivity index (χ1n) is 6.11. The Morgan fingerprint density at radius 1 is 1.39 bits per heavy atom. The van der Waals surface area contributed by atoms with Crippen molar-refractivity contribution in [1.29, 1.82) is 0 Å². The van der Waals surface area contributed by atoms with E-state index in [-0.39, 0.29) is 12.4 Å². The lowest BCUT2D eigenvalue weighted by molar-refractivity contribution is 0.160. The Balaban J connectivity index is 2.11. The van der Waals surface area contributed by atoms with Crippen LogP contribution in [0.5, 0.6) is 0 Å². The van der Waals surface area contributed by atoms with Gasteiger partial charge in [-0.15, -0.1) is 0 Å². The van der Waals surface area contributed by atoms with Gasteiger partial charge < -0.3 is 10.4 Å². The van der Waals surface area contributed by atoms with Gasteiger partial charge in [-0.3, -0.25) is 0 Å². The summed E-state index contributed by atoms with van der Waals surface area (Å²) in [6.45, 7) is 2.10. The predicted molar refractivity (Wildman–Crippen MR) is 71.0 cm³/mol. The van der Waals surface area contributed by atoms with E-state index < -0.39 is 20.6 Å². The summed E-state index contributed by atoms with van der Waals surface area (Å²) in [6.07, 6.45) is 0.472. The largest absolute Gasteiger partial charge is 0.394 e. The van der Waals surface area contributed by atoms with Crippen LogP contribution in [0.25, 0.3) is 0 Å². The molecule has 5 heteroatoms. The monoisotopic (exact) mass is 269 g/mol. The van der Waals surface area contributed by atoms with E-state index in [2.05, 4.69) is 5.32 Å². The van der Waals surface area contributed by atoms with Crippen LogP contribution in [0.4, 0.5) is 0 Å². The molecule has 2 atom stereocenters. The fourth-order valence-corrected chi connectivity index (χ4v) is 4.38. The van der Waals surface area contributed by atoms with Crippen LogP contribution in [0.1, 0.15) is 18.9 Å². The lowest BCUT2D eigenvalue weighted by atomic mass is 9.93. The molecular weight excluding hydrogens is 250 g/mol. The Morgan fingerprint density at radius 3 is 2.56 bits per heavy atom. The summed E-state index contributed by atoms with van der Waals surface area (Å²) in [5.74, 6) is 0.149. The van der Waals surface area contributed by atoms with Crippen LogP contribution in [-0.2, 0) is 16.4 Å². The summed E-state index contributed by atoms with van der Waals surface area (Å²) in [7, 11) is -3.07. The molecule has 100 valence electrons. The molecular formula is C13H19NO3S. The average Bonchev–Trinajstić information content (AvgIpc) is 2.62. The van der Waals surface area contributed by atoms with Crippen molar-refractivity contribution in [2.24, 2.45) is 0 Å². The van der Waals surface area contributed by atoms with Crippen LogP contribution in [0.3, 0.4) is 0 Å². The molecule has 0 spiro atoms. The van der Waals surface area contributed by atoms with Crippen LogP contribution in [0.2, 0.25) is 0 Å². The first kappa shape index (κ1) is 13.5. The summed E-state index contributed by atoms with van der Waals surface area (Å²) in [5.41, 5.74) is 0.385. The summed E-state index contributed by atoms with van der Waals surface area (Å²) >= 11 is 0. The number of aliphatic hydroxyl groups excluding tert-OH is 1. The highest BCUT2D eigenvalue weighted by Gasteiger charge is 2.48. The molecule has 1 heterocycles. The Kier molecular flexibility index (Phi) is 3.75.